The van der Waals surface area contributed by atoms with Gasteiger partial charge in [0.2, 0.25) is 0 Å². The van der Waals surface area contributed by atoms with Gasteiger partial charge in [0.15, 0.2) is 0 Å². The highest BCUT2D eigenvalue weighted by Gasteiger charge is 2.14. The molecule has 5 heteroatoms. The molecule has 14 heavy (non-hydrogen) atoms. The van der Waals surface area contributed by atoms with Crippen molar-refractivity contribution in [3.8, 4) is 0 Å². The van der Waals surface area contributed by atoms with Crippen LogP contribution in [0.3, 0.4) is 0 Å². The molecule has 0 saturated heterocycles. The van der Waals surface area contributed by atoms with Crippen LogP contribution in [0.2, 0.25) is 0 Å². The summed E-state index contributed by atoms with van der Waals surface area (Å²) < 4.78 is 17.5. The summed E-state index contributed by atoms with van der Waals surface area (Å²) in [5, 5.41) is 0. The zero-order valence-corrected chi connectivity index (χ0v) is 7.71. The number of halogens is 1. The Hall–Kier alpha value is -1.78. The van der Waals surface area contributed by atoms with E-state index < -0.39 is 11.8 Å². The van der Waals surface area contributed by atoms with Crippen molar-refractivity contribution in [3.63, 3.8) is 0 Å². The first-order valence-electron chi connectivity index (χ1n) is 4.08. The van der Waals surface area contributed by atoms with Crippen molar-refractivity contribution in [3.05, 3.63) is 23.5 Å². The number of carbonyl (C=O) groups excluding carboxylic acids is 1. The summed E-state index contributed by atoms with van der Waals surface area (Å²) in [6.07, 6.45) is 0. The fraction of sp³-hybridized carbons (Fsp3) is 0.222. The third-order valence-electron chi connectivity index (χ3n) is 1.67. The first-order chi connectivity index (χ1) is 6.56. The molecule has 0 fully saturated rings. The van der Waals surface area contributed by atoms with E-state index >= 15 is 0 Å². The fourth-order valence-electron chi connectivity index (χ4n) is 1.02. The predicted octanol–water partition coefficient (Wildman–Crippen LogP) is 1.17. The molecule has 4 N–H and O–H groups in total. The quantitative estimate of drug-likeness (QED) is 0.552. The topological polar surface area (TPSA) is 78.3 Å². The van der Waals surface area contributed by atoms with Crippen LogP contribution in [0.5, 0.6) is 0 Å². The van der Waals surface area contributed by atoms with Crippen molar-refractivity contribution in [2.75, 3.05) is 18.1 Å². The maximum atomic E-state index is 12.9. The number of esters is 1. The molecular weight excluding hydrogens is 187 g/mol. The van der Waals surface area contributed by atoms with Crippen molar-refractivity contribution in [2.45, 2.75) is 6.92 Å². The Morgan fingerprint density at radius 1 is 1.50 bits per heavy atom. The van der Waals surface area contributed by atoms with Crippen LogP contribution in [0.25, 0.3) is 0 Å². The van der Waals surface area contributed by atoms with E-state index in [0.29, 0.717) is 0 Å². The zero-order chi connectivity index (χ0) is 10.7. The number of benzene rings is 1. The number of carbonyl (C=O) groups is 1. The average molecular weight is 198 g/mol. The van der Waals surface area contributed by atoms with Gasteiger partial charge >= 0.3 is 5.97 Å². The molecule has 0 unspecified atom stereocenters. The second-order valence-electron chi connectivity index (χ2n) is 2.68. The lowest BCUT2D eigenvalue weighted by molar-refractivity contribution is 0.0527. The van der Waals surface area contributed by atoms with E-state index in [2.05, 4.69) is 4.74 Å². The lowest BCUT2D eigenvalue weighted by Crippen LogP contribution is -2.10. The van der Waals surface area contributed by atoms with Gasteiger partial charge in [0.1, 0.15) is 5.82 Å². The average Bonchev–Trinajstić information content (AvgIpc) is 2.11. The van der Waals surface area contributed by atoms with Crippen LogP contribution in [0.15, 0.2) is 12.1 Å². The molecule has 0 heterocycles. The molecule has 76 valence electrons. The second-order valence-corrected chi connectivity index (χ2v) is 2.68. The van der Waals surface area contributed by atoms with Gasteiger partial charge < -0.3 is 16.2 Å². The molecule has 0 radical (unpaired) electrons. The number of hydrogen-bond acceptors (Lipinski definition) is 4. The Labute approximate surface area is 80.6 Å². The van der Waals surface area contributed by atoms with E-state index in [4.69, 9.17) is 11.5 Å². The molecule has 0 saturated carbocycles. The molecule has 1 aromatic carbocycles. The van der Waals surface area contributed by atoms with E-state index in [-0.39, 0.29) is 23.5 Å². The lowest BCUT2D eigenvalue weighted by Gasteiger charge is -2.07. The standard InChI is InChI=1S/C9H11FN2O2/c1-2-14-9(13)6-3-5(10)4-7(11)8(6)12/h3-4H,2,11-12H2,1H3. The maximum absolute atomic E-state index is 12.9. The zero-order valence-electron chi connectivity index (χ0n) is 7.71. The first kappa shape index (κ1) is 10.3. The third kappa shape index (κ3) is 1.93. The Morgan fingerprint density at radius 3 is 2.71 bits per heavy atom. The highest BCUT2D eigenvalue weighted by molar-refractivity contribution is 5.98. The van der Waals surface area contributed by atoms with Crippen LogP contribution in [0.4, 0.5) is 15.8 Å². The van der Waals surface area contributed by atoms with Gasteiger partial charge in [0, 0.05) is 0 Å². The summed E-state index contributed by atoms with van der Waals surface area (Å²) in [4.78, 5) is 11.2. The molecule has 1 aromatic rings. The van der Waals surface area contributed by atoms with Crippen molar-refractivity contribution >= 4 is 17.3 Å². The monoisotopic (exact) mass is 198 g/mol. The van der Waals surface area contributed by atoms with E-state index in [1.165, 1.54) is 0 Å². The molecule has 4 nitrogen and oxygen atoms in total. The van der Waals surface area contributed by atoms with E-state index in [0.717, 1.165) is 12.1 Å². The minimum absolute atomic E-state index is 0.0352. The van der Waals surface area contributed by atoms with Crippen molar-refractivity contribution in [1.29, 1.82) is 0 Å². The summed E-state index contributed by atoms with van der Waals surface area (Å²) in [5.74, 6) is -1.28. The predicted molar refractivity (Wildman–Crippen MR) is 51.2 cm³/mol. The van der Waals surface area contributed by atoms with Crippen LogP contribution in [0, 0.1) is 5.82 Å². The molecule has 0 bridgehead atoms. The van der Waals surface area contributed by atoms with Gasteiger partial charge in [-0.25, -0.2) is 9.18 Å². The molecule has 0 atom stereocenters. The van der Waals surface area contributed by atoms with Gasteiger partial charge in [-0.1, -0.05) is 0 Å². The van der Waals surface area contributed by atoms with Gasteiger partial charge in [-0.3, -0.25) is 0 Å². The van der Waals surface area contributed by atoms with Crippen LogP contribution < -0.4 is 11.5 Å². The Balaban J connectivity index is 3.13. The van der Waals surface area contributed by atoms with E-state index in [9.17, 15) is 9.18 Å². The van der Waals surface area contributed by atoms with Gasteiger partial charge in [0.25, 0.3) is 0 Å². The molecule has 0 amide bonds. The van der Waals surface area contributed by atoms with Crippen LogP contribution in [0.1, 0.15) is 17.3 Å². The normalized spacial score (nSPS) is 9.86. The largest absolute Gasteiger partial charge is 0.462 e. The molecular formula is C9H11FN2O2. The number of nitrogen functional groups attached to an aromatic ring is 2. The lowest BCUT2D eigenvalue weighted by atomic mass is 10.1. The first-order valence-corrected chi connectivity index (χ1v) is 4.08. The summed E-state index contributed by atoms with van der Waals surface area (Å²) in [6.45, 7) is 1.85. The van der Waals surface area contributed by atoms with Crippen LogP contribution in [-0.2, 0) is 4.74 Å². The van der Waals surface area contributed by atoms with Gasteiger partial charge in [-0.2, -0.15) is 0 Å². The molecule has 0 aliphatic rings. The Bertz CT molecular complexity index is 366. The Kier molecular flexibility index (Phi) is 2.91. The van der Waals surface area contributed by atoms with Crippen LogP contribution in [-0.4, -0.2) is 12.6 Å². The summed E-state index contributed by atoms with van der Waals surface area (Å²) in [6, 6.07) is 2.06. The number of anilines is 2. The maximum Gasteiger partial charge on any atom is 0.340 e. The number of ether oxygens (including phenoxy) is 1. The van der Waals surface area contributed by atoms with Crippen molar-refractivity contribution < 1.29 is 13.9 Å². The number of nitrogens with two attached hydrogens (primary N) is 2. The van der Waals surface area contributed by atoms with Crippen molar-refractivity contribution in [1.82, 2.24) is 0 Å². The second kappa shape index (κ2) is 3.95. The Morgan fingerprint density at radius 2 is 2.14 bits per heavy atom. The molecule has 0 aliphatic carbocycles. The smallest absolute Gasteiger partial charge is 0.340 e. The third-order valence-corrected chi connectivity index (χ3v) is 1.67. The van der Waals surface area contributed by atoms with Crippen molar-refractivity contribution in [2.24, 2.45) is 0 Å². The van der Waals surface area contributed by atoms with Gasteiger partial charge in [-0.05, 0) is 19.1 Å². The summed E-state index contributed by atoms with van der Waals surface area (Å²) >= 11 is 0. The highest BCUT2D eigenvalue weighted by atomic mass is 19.1. The SMILES string of the molecule is CCOC(=O)c1cc(F)cc(N)c1N. The molecule has 0 aliphatic heterocycles. The van der Waals surface area contributed by atoms with E-state index in [1.54, 1.807) is 6.92 Å². The fourth-order valence-corrected chi connectivity index (χ4v) is 1.02. The molecule has 0 aromatic heterocycles. The van der Waals surface area contributed by atoms with Gasteiger partial charge in [0.05, 0.1) is 23.5 Å². The van der Waals surface area contributed by atoms with Crippen LogP contribution >= 0.6 is 0 Å². The molecule has 0 spiro atoms. The minimum atomic E-state index is -0.670. The van der Waals surface area contributed by atoms with Gasteiger partial charge in [-0.15, -0.1) is 0 Å². The summed E-state index contributed by atoms with van der Waals surface area (Å²) in [7, 11) is 0. The summed E-state index contributed by atoms with van der Waals surface area (Å²) in [5.41, 5.74) is 10.9. The number of hydrogen-bond donors (Lipinski definition) is 2. The number of rotatable bonds is 2. The highest BCUT2D eigenvalue weighted by Crippen LogP contribution is 2.22. The minimum Gasteiger partial charge on any atom is -0.462 e. The van der Waals surface area contributed by atoms with E-state index in [1.807, 2.05) is 0 Å². The molecule has 1 rings (SSSR count).